The Kier molecular flexibility index (Phi) is 23.6. The van der Waals surface area contributed by atoms with Crippen LogP contribution < -0.4 is 15.7 Å². The molecule has 0 unspecified atom stereocenters. The molecule has 204 valence electrons. The highest BCUT2D eigenvalue weighted by Crippen LogP contribution is 2.13. The van der Waals surface area contributed by atoms with E-state index in [9.17, 15) is 9.90 Å². The van der Waals surface area contributed by atoms with Crippen LogP contribution in [-0.4, -0.2) is 63.8 Å². The number of carboxylic acids is 1. The fourth-order valence-corrected chi connectivity index (χ4v) is 4.40. The monoisotopic (exact) mass is 483 g/mol. The average Bonchev–Trinajstić information content (AvgIpc) is 2.78. The number of carbonyl (C=O) groups is 1. The van der Waals surface area contributed by atoms with Crippen LogP contribution in [0.1, 0.15) is 129 Å². The number of unbranched alkanes of at least 4 members (excludes halogenated alkanes) is 16. The molecule has 0 aromatic rings. The SMILES string of the molecule is CCCCCCCCCCCCCCCCCCNCCCC[C@H](NCC[N+](C)(C)C)C(=O)[O-]. The third-order valence-electron chi connectivity index (χ3n) is 6.76. The summed E-state index contributed by atoms with van der Waals surface area (Å²) in [6.45, 7) is 5.97. The maximum Gasteiger partial charge on any atom is 0.0907 e. The summed E-state index contributed by atoms with van der Waals surface area (Å²) in [7, 11) is 6.34. The van der Waals surface area contributed by atoms with Gasteiger partial charge in [0.25, 0.3) is 0 Å². The van der Waals surface area contributed by atoms with Gasteiger partial charge in [0.2, 0.25) is 0 Å². The number of nitrogens with one attached hydrogen (secondary N) is 2. The van der Waals surface area contributed by atoms with Gasteiger partial charge < -0.3 is 25.0 Å². The molecule has 0 aromatic heterocycles. The molecule has 0 amide bonds. The Morgan fingerprint density at radius 1 is 0.647 bits per heavy atom. The minimum Gasteiger partial charge on any atom is -0.548 e. The third-order valence-corrected chi connectivity index (χ3v) is 6.76. The summed E-state index contributed by atoms with van der Waals surface area (Å²) in [6, 6.07) is -0.521. The number of quaternary nitrogens is 1. The molecule has 2 N–H and O–H groups in total. The molecule has 0 radical (unpaired) electrons. The Morgan fingerprint density at radius 3 is 1.47 bits per heavy atom. The molecule has 5 nitrogen and oxygen atoms in total. The first-order valence-corrected chi connectivity index (χ1v) is 14.8. The average molecular weight is 484 g/mol. The number of hydrogen-bond donors (Lipinski definition) is 2. The lowest BCUT2D eigenvalue weighted by molar-refractivity contribution is -0.869. The Morgan fingerprint density at radius 2 is 1.06 bits per heavy atom. The van der Waals surface area contributed by atoms with Crippen molar-refractivity contribution in [3.8, 4) is 0 Å². The van der Waals surface area contributed by atoms with Crippen molar-refractivity contribution in [2.24, 2.45) is 0 Å². The van der Waals surface area contributed by atoms with E-state index in [1.54, 1.807) is 0 Å². The highest BCUT2D eigenvalue weighted by atomic mass is 16.4. The van der Waals surface area contributed by atoms with Crippen LogP contribution >= 0.6 is 0 Å². The predicted molar refractivity (Wildman–Crippen MR) is 146 cm³/mol. The van der Waals surface area contributed by atoms with E-state index in [-0.39, 0.29) is 0 Å². The van der Waals surface area contributed by atoms with Crippen molar-refractivity contribution in [3.05, 3.63) is 0 Å². The summed E-state index contributed by atoms with van der Waals surface area (Å²) in [6.07, 6.45) is 25.1. The first-order chi connectivity index (χ1) is 16.4. The third kappa shape index (κ3) is 26.0. The van der Waals surface area contributed by atoms with Crippen molar-refractivity contribution < 1.29 is 14.4 Å². The number of carboxylic acid groups (broad SMARTS) is 1. The van der Waals surface area contributed by atoms with Crippen LogP contribution in [0, 0.1) is 0 Å². The highest BCUT2D eigenvalue weighted by Gasteiger charge is 2.12. The van der Waals surface area contributed by atoms with Gasteiger partial charge in [-0.25, -0.2) is 0 Å². The van der Waals surface area contributed by atoms with Crippen molar-refractivity contribution in [2.45, 2.75) is 135 Å². The Bertz CT molecular complexity index is 438. The number of rotatable bonds is 27. The van der Waals surface area contributed by atoms with Gasteiger partial charge in [0.15, 0.2) is 0 Å². The van der Waals surface area contributed by atoms with Crippen molar-refractivity contribution in [2.75, 3.05) is 47.3 Å². The van der Waals surface area contributed by atoms with E-state index in [0.717, 1.165) is 37.0 Å². The molecular weight excluding hydrogens is 422 g/mol. The number of aliphatic carboxylic acids is 1. The van der Waals surface area contributed by atoms with Gasteiger partial charge in [0.1, 0.15) is 0 Å². The molecular formula is C29H61N3O2. The normalized spacial score (nSPS) is 12.8. The van der Waals surface area contributed by atoms with Crippen LogP contribution in [0.3, 0.4) is 0 Å². The van der Waals surface area contributed by atoms with Crippen molar-refractivity contribution >= 4 is 5.97 Å². The van der Waals surface area contributed by atoms with Crippen LogP contribution in [0.5, 0.6) is 0 Å². The standard InChI is InChI=1S/C29H61N3O2/c1-5-6-7-8-9-10-11-12-13-14-15-16-17-18-19-21-24-30-25-22-20-23-28(29(33)34)31-26-27-32(2,3)4/h28,30-31H,5-27H2,1-4H3/t28-/m0/s1. The summed E-state index contributed by atoms with van der Waals surface area (Å²) in [5.41, 5.74) is 0. The molecule has 34 heavy (non-hydrogen) atoms. The number of nitrogens with zero attached hydrogens (tertiary/aromatic N) is 1. The minimum absolute atomic E-state index is 0.521. The van der Waals surface area contributed by atoms with E-state index >= 15 is 0 Å². The quantitative estimate of drug-likeness (QED) is 0.121. The van der Waals surface area contributed by atoms with Gasteiger partial charge in [-0.1, -0.05) is 110 Å². The molecule has 0 aliphatic carbocycles. The van der Waals surface area contributed by atoms with Gasteiger partial charge in [-0.3, -0.25) is 0 Å². The lowest BCUT2D eigenvalue weighted by Crippen LogP contribution is -2.49. The van der Waals surface area contributed by atoms with E-state index in [2.05, 4.69) is 38.7 Å². The Labute approximate surface area is 213 Å². The van der Waals surface area contributed by atoms with Gasteiger partial charge in [-0.2, -0.15) is 0 Å². The van der Waals surface area contributed by atoms with Gasteiger partial charge in [-0.05, 0) is 32.4 Å². The van der Waals surface area contributed by atoms with Crippen molar-refractivity contribution in [1.29, 1.82) is 0 Å². The molecule has 0 fully saturated rings. The van der Waals surface area contributed by atoms with Crippen LogP contribution in [0.25, 0.3) is 0 Å². The van der Waals surface area contributed by atoms with Crippen LogP contribution in [0.15, 0.2) is 0 Å². The molecule has 0 aliphatic heterocycles. The molecule has 0 spiro atoms. The maximum atomic E-state index is 11.3. The Balaban J connectivity index is 3.30. The van der Waals surface area contributed by atoms with Crippen LogP contribution in [-0.2, 0) is 4.79 Å². The first kappa shape index (κ1) is 33.4. The number of hydrogen-bond acceptors (Lipinski definition) is 4. The molecule has 0 aromatic carbocycles. The molecule has 0 aliphatic rings. The lowest BCUT2D eigenvalue weighted by atomic mass is 10.0. The second kappa shape index (κ2) is 24.1. The topological polar surface area (TPSA) is 64.2 Å². The zero-order valence-electron chi connectivity index (χ0n) is 23.6. The summed E-state index contributed by atoms with van der Waals surface area (Å²) >= 11 is 0. The maximum absolute atomic E-state index is 11.3. The first-order valence-electron chi connectivity index (χ1n) is 14.8. The second-order valence-electron chi connectivity index (χ2n) is 11.4. The molecule has 5 heteroatoms. The minimum atomic E-state index is -0.970. The van der Waals surface area contributed by atoms with Crippen molar-refractivity contribution in [1.82, 2.24) is 10.6 Å². The second-order valence-corrected chi connectivity index (χ2v) is 11.4. The number of carbonyl (C=O) groups excluding carboxylic acids is 1. The van der Waals surface area contributed by atoms with E-state index in [4.69, 9.17) is 0 Å². The molecule has 0 saturated heterocycles. The van der Waals surface area contributed by atoms with Gasteiger partial charge in [0.05, 0.1) is 33.7 Å². The largest absolute Gasteiger partial charge is 0.548 e. The van der Waals surface area contributed by atoms with Gasteiger partial charge >= 0.3 is 0 Å². The fraction of sp³-hybridized carbons (Fsp3) is 0.966. The summed E-state index contributed by atoms with van der Waals surface area (Å²) in [5.74, 6) is -0.970. The molecule has 0 heterocycles. The van der Waals surface area contributed by atoms with Crippen LogP contribution in [0.4, 0.5) is 0 Å². The molecule has 0 rings (SSSR count). The van der Waals surface area contributed by atoms with E-state index < -0.39 is 12.0 Å². The van der Waals surface area contributed by atoms with Crippen molar-refractivity contribution in [3.63, 3.8) is 0 Å². The van der Waals surface area contributed by atoms with Gasteiger partial charge in [-0.15, -0.1) is 0 Å². The Hall–Kier alpha value is -0.650. The van der Waals surface area contributed by atoms with E-state index in [1.807, 2.05) is 0 Å². The molecule has 0 saturated carbocycles. The zero-order chi connectivity index (χ0) is 25.3. The van der Waals surface area contributed by atoms with E-state index in [1.165, 1.54) is 103 Å². The molecule has 1 atom stereocenters. The van der Waals surface area contributed by atoms with E-state index in [0.29, 0.717) is 13.0 Å². The smallest absolute Gasteiger partial charge is 0.0907 e. The fourth-order valence-electron chi connectivity index (χ4n) is 4.40. The zero-order valence-corrected chi connectivity index (χ0v) is 23.6. The predicted octanol–water partition coefficient (Wildman–Crippen LogP) is 5.42. The molecule has 0 bridgehead atoms. The van der Waals surface area contributed by atoms with Gasteiger partial charge in [0, 0.05) is 12.6 Å². The summed E-state index contributed by atoms with van der Waals surface area (Å²) in [4.78, 5) is 11.3. The van der Waals surface area contributed by atoms with Crippen LogP contribution in [0.2, 0.25) is 0 Å². The summed E-state index contributed by atoms with van der Waals surface area (Å²) < 4.78 is 0.829. The lowest BCUT2D eigenvalue weighted by Gasteiger charge is -2.26. The summed E-state index contributed by atoms with van der Waals surface area (Å²) in [5, 5.41) is 18.0. The highest BCUT2D eigenvalue weighted by molar-refractivity contribution is 5.71. The number of likely N-dealkylation sites (N-methyl/N-ethyl adjacent to an activating group) is 1.